The molecule has 1 atom stereocenters. The predicted octanol–water partition coefficient (Wildman–Crippen LogP) is 0.323. The van der Waals surface area contributed by atoms with Crippen molar-refractivity contribution in [2.24, 2.45) is 11.7 Å². The van der Waals surface area contributed by atoms with Gasteiger partial charge >= 0.3 is 0 Å². The van der Waals surface area contributed by atoms with Crippen LogP contribution in [-0.2, 0) is 4.74 Å². The number of ether oxygens (including phenoxy) is 1. The van der Waals surface area contributed by atoms with Crippen molar-refractivity contribution < 1.29 is 9.84 Å². The van der Waals surface area contributed by atoms with Crippen LogP contribution in [-0.4, -0.2) is 43.0 Å². The van der Waals surface area contributed by atoms with E-state index in [0.29, 0.717) is 12.5 Å². The van der Waals surface area contributed by atoms with Crippen molar-refractivity contribution >= 4 is 11.8 Å². The summed E-state index contributed by atoms with van der Waals surface area (Å²) in [6.45, 7) is 4.19. The van der Waals surface area contributed by atoms with Gasteiger partial charge in [-0.3, -0.25) is 0 Å². The maximum absolute atomic E-state index is 8.40. The summed E-state index contributed by atoms with van der Waals surface area (Å²) in [4.78, 5) is 0. The molecule has 0 aromatic carbocycles. The zero-order chi connectivity index (χ0) is 9.23. The van der Waals surface area contributed by atoms with E-state index in [-0.39, 0.29) is 6.61 Å². The van der Waals surface area contributed by atoms with E-state index in [1.807, 2.05) is 11.8 Å². The first-order valence-corrected chi connectivity index (χ1v) is 5.43. The minimum Gasteiger partial charge on any atom is -0.394 e. The van der Waals surface area contributed by atoms with Gasteiger partial charge in [0.25, 0.3) is 0 Å². The smallest absolute Gasteiger partial charge is 0.0698 e. The topological polar surface area (TPSA) is 55.5 Å². The molecule has 0 radical (unpaired) electrons. The van der Waals surface area contributed by atoms with Crippen LogP contribution in [0.1, 0.15) is 6.92 Å². The molecular weight excluding hydrogens is 174 g/mol. The number of nitrogens with two attached hydrogens (primary N) is 1. The third-order valence-electron chi connectivity index (χ3n) is 1.41. The molecule has 0 aliphatic heterocycles. The minimum absolute atomic E-state index is 0.115. The lowest BCUT2D eigenvalue weighted by Crippen LogP contribution is -2.13. The molecule has 3 N–H and O–H groups in total. The quantitative estimate of drug-likeness (QED) is 0.545. The standard InChI is InChI=1S/C8H19NO2S/c1-8(6-9)7-12-5-4-11-3-2-10/h8,10H,2-7,9H2,1H3. The van der Waals surface area contributed by atoms with Crippen LogP contribution < -0.4 is 5.73 Å². The molecule has 0 aliphatic rings. The monoisotopic (exact) mass is 193 g/mol. The van der Waals surface area contributed by atoms with Crippen LogP contribution in [0.2, 0.25) is 0 Å². The van der Waals surface area contributed by atoms with Gasteiger partial charge in [-0.2, -0.15) is 11.8 Å². The van der Waals surface area contributed by atoms with E-state index in [2.05, 4.69) is 6.92 Å². The maximum atomic E-state index is 8.40. The first kappa shape index (κ1) is 12.2. The van der Waals surface area contributed by atoms with E-state index in [4.69, 9.17) is 15.6 Å². The van der Waals surface area contributed by atoms with Crippen molar-refractivity contribution in [1.82, 2.24) is 0 Å². The maximum Gasteiger partial charge on any atom is 0.0698 e. The molecule has 0 rings (SSSR count). The number of thioether (sulfide) groups is 1. The van der Waals surface area contributed by atoms with Crippen molar-refractivity contribution in [3.8, 4) is 0 Å². The molecule has 0 aromatic heterocycles. The molecule has 0 spiro atoms. The Balaban J connectivity index is 2.90. The summed E-state index contributed by atoms with van der Waals surface area (Å²) in [5, 5.41) is 8.40. The van der Waals surface area contributed by atoms with Gasteiger partial charge in [0, 0.05) is 5.75 Å². The molecule has 0 bridgehead atoms. The second-order valence-corrected chi connectivity index (χ2v) is 3.90. The zero-order valence-corrected chi connectivity index (χ0v) is 8.48. The van der Waals surface area contributed by atoms with Crippen LogP contribution in [0.25, 0.3) is 0 Å². The lowest BCUT2D eigenvalue weighted by Gasteiger charge is -2.07. The first-order chi connectivity index (χ1) is 5.81. The average molecular weight is 193 g/mol. The lowest BCUT2D eigenvalue weighted by atomic mass is 10.2. The van der Waals surface area contributed by atoms with Crippen molar-refractivity contribution in [3.63, 3.8) is 0 Å². The highest BCUT2D eigenvalue weighted by Gasteiger charge is 1.97. The van der Waals surface area contributed by atoms with Crippen LogP contribution in [0.15, 0.2) is 0 Å². The largest absolute Gasteiger partial charge is 0.394 e. The van der Waals surface area contributed by atoms with Crippen molar-refractivity contribution in [3.05, 3.63) is 0 Å². The Kier molecular flexibility index (Phi) is 9.50. The van der Waals surface area contributed by atoms with E-state index < -0.39 is 0 Å². The summed E-state index contributed by atoms with van der Waals surface area (Å²) >= 11 is 1.85. The Labute approximate surface area is 78.7 Å². The summed E-state index contributed by atoms with van der Waals surface area (Å²) < 4.78 is 5.10. The molecule has 12 heavy (non-hydrogen) atoms. The summed E-state index contributed by atoms with van der Waals surface area (Å²) in [6.07, 6.45) is 0. The molecule has 0 fully saturated rings. The SMILES string of the molecule is CC(CN)CSCCOCCO. The number of aliphatic hydroxyl groups is 1. The van der Waals surface area contributed by atoms with E-state index in [1.54, 1.807) is 0 Å². The fraction of sp³-hybridized carbons (Fsp3) is 1.00. The molecule has 0 heterocycles. The van der Waals surface area contributed by atoms with Crippen LogP contribution in [0.5, 0.6) is 0 Å². The van der Waals surface area contributed by atoms with Crippen molar-refractivity contribution in [1.29, 1.82) is 0 Å². The fourth-order valence-electron chi connectivity index (χ4n) is 0.637. The van der Waals surface area contributed by atoms with E-state index in [9.17, 15) is 0 Å². The second-order valence-electron chi connectivity index (χ2n) is 2.75. The van der Waals surface area contributed by atoms with Gasteiger partial charge in [0.1, 0.15) is 0 Å². The Morgan fingerprint density at radius 2 is 2.25 bits per heavy atom. The number of hydrogen-bond donors (Lipinski definition) is 2. The highest BCUT2D eigenvalue weighted by Crippen LogP contribution is 2.06. The van der Waals surface area contributed by atoms with Gasteiger partial charge in [-0.25, -0.2) is 0 Å². The molecule has 4 heteroatoms. The summed E-state index contributed by atoms with van der Waals surface area (Å²) in [5.41, 5.74) is 5.46. The van der Waals surface area contributed by atoms with E-state index in [1.165, 1.54) is 0 Å². The van der Waals surface area contributed by atoms with Gasteiger partial charge in [-0.05, 0) is 18.2 Å². The second kappa shape index (κ2) is 9.32. The van der Waals surface area contributed by atoms with Crippen molar-refractivity contribution in [2.75, 3.05) is 37.9 Å². The van der Waals surface area contributed by atoms with E-state index >= 15 is 0 Å². The van der Waals surface area contributed by atoms with Gasteiger partial charge in [0.05, 0.1) is 19.8 Å². The Morgan fingerprint density at radius 3 is 2.83 bits per heavy atom. The molecular formula is C8H19NO2S. The first-order valence-electron chi connectivity index (χ1n) is 4.27. The van der Waals surface area contributed by atoms with Gasteiger partial charge in [-0.15, -0.1) is 0 Å². The van der Waals surface area contributed by atoms with E-state index in [0.717, 1.165) is 24.7 Å². The highest BCUT2D eigenvalue weighted by molar-refractivity contribution is 7.99. The minimum atomic E-state index is 0.115. The normalized spacial score (nSPS) is 13.2. The number of rotatable bonds is 8. The molecule has 0 amide bonds. The third kappa shape index (κ3) is 8.33. The lowest BCUT2D eigenvalue weighted by molar-refractivity contribution is 0.103. The molecule has 3 nitrogen and oxygen atoms in total. The van der Waals surface area contributed by atoms with Crippen LogP contribution in [0.4, 0.5) is 0 Å². The molecule has 0 saturated heterocycles. The summed E-state index contributed by atoms with van der Waals surface area (Å²) in [7, 11) is 0. The van der Waals surface area contributed by atoms with Gasteiger partial charge in [-0.1, -0.05) is 6.92 Å². The molecule has 0 aromatic rings. The third-order valence-corrected chi connectivity index (χ3v) is 2.67. The zero-order valence-electron chi connectivity index (χ0n) is 7.66. The van der Waals surface area contributed by atoms with Crippen LogP contribution in [0.3, 0.4) is 0 Å². The molecule has 0 aliphatic carbocycles. The molecule has 1 unspecified atom stereocenters. The molecule has 74 valence electrons. The van der Waals surface area contributed by atoms with Gasteiger partial charge < -0.3 is 15.6 Å². The Hall–Kier alpha value is 0.230. The van der Waals surface area contributed by atoms with Crippen LogP contribution in [0, 0.1) is 5.92 Å². The molecule has 0 saturated carbocycles. The van der Waals surface area contributed by atoms with Crippen LogP contribution >= 0.6 is 11.8 Å². The van der Waals surface area contributed by atoms with Gasteiger partial charge in [0.2, 0.25) is 0 Å². The fourth-order valence-corrected chi connectivity index (χ4v) is 1.58. The Morgan fingerprint density at radius 1 is 1.50 bits per heavy atom. The number of hydrogen-bond acceptors (Lipinski definition) is 4. The average Bonchev–Trinajstić information content (AvgIpc) is 2.10. The van der Waals surface area contributed by atoms with Crippen molar-refractivity contribution in [2.45, 2.75) is 6.92 Å². The van der Waals surface area contributed by atoms with Gasteiger partial charge in [0.15, 0.2) is 0 Å². The highest BCUT2D eigenvalue weighted by atomic mass is 32.2. The Bertz CT molecular complexity index is 93.1. The summed E-state index contributed by atoms with van der Waals surface area (Å²) in [5.74, 6) is 2.68. The summed E-state index contributed by atoms with van der Waals surface area (Å²) in [6, 6.07) is 0. The predicted molar refractivity (Wildman–Crippen MR) is 53.4 cm³/mol. The number of aliphatic hydroxyl groups excluding tert-OH is 1.